The Labute approximate surface area is 203 Å². The molecule has 0 saturated heterocycles. The number of nitrogens with one attached hydrogen (secondary N) is 2. The number of unbranched alkanes of at least 4 members (excludes halogenated alkanes) is 2. The quantitative estimate of drug-likeness (QED) is 0.145. The molecule has 0 radical (unpaired) electrons. The number of hydrogen-bond acceptors (Lipinski definition) is 7. The molecule has 0 saturated carbocycles. The van der Waals surface area contributed by atoms with E-state index in [4.69, 9.17) is 13.8 Å². The Morgan fingerprint density at radius 1 is 1.09 bits per heavy atom. The lowest BCUT2D eigenvalue weighted by Crippen LogP contribution is -2.26. The zero-order chi connectivity index (χ0) is 25.6. The van der Waals surface area contributed by atoms with Gasteiger partial charge in [0, 0.05) is 13.0 Å². The molecule has 192 valence electrons. The lowest BCUT2D eigenvalue weighted by Gasteiger charge is -2.22. The van der Waals surface area contributed by atoms with E-state index >= 15 is 0 Å². The van der Waals surface area contributed by atoms with Gasteiger partial charge in [-0.05, 0) is 56.7 Å². The SMILES string of the molecule is COC(=O)CNP(=O)(Oc1ccc(CNC(=O)CCCC/C=C/C(C)C)cc1OC)OC(C)C. The third kappa shape index (κ3) is 12.2. The van der Waals surface area contributed by atoms with Crippen LogP contribution in [0.15, 0.2) is 30.4 Å². The number of benzene rings is 1. The number of amides is 1. The number of rotatable bonds is 16. The summed E-state index contributed by atoms with van der Waals surface area (Å²) in [5.41, 5.74) is 0.791. The molecule has 2 N–H and O–H groups in total. The normalized spacial score (nSPS) is 13.2. The molecule has 0 aliphatic rings. The van der Waals surface area contributed by atoms with Crippen LogP contribution >= 0.6 is 7.75 Å². The molecule has 0 fully saturated rings. The summed E-state index contributed by atoms with van der Waals surface area (Å²) in [6.07, 6.45) is 7.15. The highest BCUT2D eigenvalue weighted by atomic mass is 31.2. The predicted molar refractivity (Wildman–Crippen MR) is 132 cm³/mol. The molecule has 1 atom stereocenters. The van der Waals surface area contributed by atoms with Gasteiger partial charge in [-0.15, -0.1) is 0 Å². The summed E-state index contributed by atoms with van der Waals surface area (Å²) in [5.74, 6) is 0.405. The number of carbonyl (C=O) groups excluding carboxylic acids is 2. The zero-order valence-corrected chi connectivity index (χ0v) is 22.0. The molecule has 1 amide bonds. The number of carbonyl (C=O) groups is 2. The Bertz CT molecular complexity index is 856. The van der Waals surface area contributed by atoms with Gasteiger partial charge in [-0.25, -0.2) is 9.65 Å². The van der Waals surface area contributed by atoms with Crippen molar-refractivity contribution in [1.82, 2.24) is 10.4 Å². The van der Waals surface area contributed by atoms with Crippen LogP contribution in [0.2, 0.25) is 0 Å². The van der Waals surface area contributed by atoms with Gasteiger partial charge in [-0.2, -0.15) is 0 Å². The van der Waals surface area contributed by atoms with E-state index in [1.54, 1.807) is 32.0 Å². The third-order valence-corrected chi connectivity index (χ3v) is 6.16. The minimum Gasteiger partial charge on any atom is -0.493 e. The Balaban J connectivity index is 2.69. The molecule has 0 bridgehead atoms. The van der Waals surface area contributed by atoms with Crippen molar-refractivity contribution < 1.29 is 32.7 Å². The summed E-state index contributed by atoms with van der Waals surface area (Å²) in [6.45, 7) is 7.64. The Morgan fingerprint density at radius 3 is 2.44 bits per heavy atom. The molecule has 1 aromatic carbocycles. The Kier molecular flexibility index (Phi) is 13.6. The zero-order valence-electron chi connectivity index (χ0n) is 21.1. The fourth-order valence-electron chi connectivity index (χ4n) is 2.83. The van der Waals surface area contributed by atoms with Crippen LogP contribution in [0.25, 0.3) is 0 Å². The molecule has 34 heavy (non-hydrogen) atoms. The minimum absolute atomic E-state index is 0.0195. The van der Waals surface area contributed by atoms with Crippen molar-refractivity contribution in [3.05, 3.63) is 35.9 Å². The molecule has 1 unspecified atom stereocenters. The second kappa shape index (κ2) is 15.5. The van der Waals surface area contributed by atoms with Gasteiger partial charge in [0.05, 0.1) is 20.3 Å². The molecule has 1 rings (SSSR count). The largest absolute Gasteiger partial charge is 0.493 e. The molecule has 1 aromatic rings. The molecular formula is C24H39N2O7P. The fourth-order valence-corrected chi connectivity index (χ4v) is 4.30. The Morgan fingerprint density at radius 2 is 1.82 bits per heavy atom. The van der Waals surface area contributed by atoms with Crippen LogP contribution in [0.4, 0.5) is 0 Å². The number of ether oxygens (including phenoxy) is 2. The average molecular weight is 499 g/mol. The van der Waals surface area contributed by atoms with Crippen LogP contribution in [0.3, 0.4) is 0 Å². The van der Waals surface area contributed by atoms with Gasteiger partial charge in [0.2, 0.25) is 5.91 Å². The van der Waals surface area contributed by atoms with Crippen molar-refractivity contribution in [3.63, 3.8) is 0 Å². The molecule has 0 heterocycles. The van der Waals surface area contributed by atoms with Crippen molar-refractivity contribution in [2.45, 2.75) is 66.0 Å². The second-order valence-corrected chi connectivity index (χ2v) is 10.0. The van der Waals surface area contributed by atoms with E-state index in [-0.39, 0.29) is 18.2 Å². The van der Waals surface area contributed by atoms with Gasteiger partial charge in [-0.3, -0.25) is 14.1 Å². The molecule has 0 aliphatic carbocycles. The summed E-state index contributed by atoms with van der Waals surface area (Å²) in [5, 5.41) is 5.39. The second-order valence-electron chi connectivity index (χ2n) is 8.33. The first-order chi connectivity index (χ1) is 16.1. The summed E-state index contributed by atoms with van der Waals surface area (Å²) in [7, 11) is -1.20. The highest BCUT2D eigenvalue weighted by molar-refractivity contribution is 7.52. The van der Waals surface area contributed by atoms with E-state index in [9.17, 15) is 14.2 Å². The highest BCUT2D eigenvalue weighted by Gasteiger charge is 2.30. The van der Waals surface area contributed by atoms with Gasteiger partial charge in [-0.1, -0.05) is 32.1 Å². The smallest absolute Gasteiger partial charge is 0.459 e. The minimum atomic E-state index is -3.88. The first kappa shape index (κ1) is 29.7. The van der Waals surface area contributed by atoms with Gasteiger partial charge in [0.1, 0.15) is 6.54 Å². The molecule has 0 spiro atoms. The topological polar surface area (TPSA) is 112 Å². The molecule has 9 nitrogen and oxygen atoms in total. The third-order valence-electron chi connectivity index (χ3n) is 4.48. The maximum Gasteiger partial charge on any atom is 0.459 e. The number of esters is 1. The average Bonchev–Trinajstić information content (AvgIpc) is 2.78. The van der Waals surface area contributed by atoms with Crippen LogP contribution in [0, 0.1) is 5.92 Å². The van der Waals surface area contributed by atoms with E-state index < -0.39 is 19.8 Å². The summed E-state index contributed by atoms with van der Waals surface area (Å²) < 4.78 is 34.1. The van der Waals surface area contributed by atoms with Crippen LogP contribution in [0.1, 0.15) is 58.9 Å². The molecule has 0 aliphatic heterocycles. The van der Waals surface area contributed by atoms with E-state index in [1.165, 1.54) is 14.2 Å². The van der Waals surface area contributed by atoms with Crippen LogP contribution in [-0.4, -0.2) is 38.7 Å². The van der Waals surface area contributed by atoms with Crippen LogP contribution in [-0.2, 0) is 30.0 Å². The summed E-state index contributed by atoms with van der Waals surface area (Å²) >= 11 is 0. The molecule has 0 aromatic heterocycles. The van der Waals surface area contributed by atoms with Gasteiger partial charge in [0.25, 0.3) is 0 Å². The van der Waals surface area contributed by atoms with Crippen molar-refractivity contribution in [3.8, 4) is 11.5 Å². The van der Waals surface area contributed by atoms with Crippen LogP contribution < -0.4 is 19.7 Å². The number of methoxy groups -OCH3 is 2. The van der Waals surface area contributed by atoms with E-state index in [0.29, 0.717) is 24.6 Å². The van der Waals surface area contributed by atoms with E-state index in [2.05, 4.69) is 41.1 Å². The maximum atomic E-state index is 13.1. The summed E-state index contributed by atoms with van der Waals surface area (Å²) in [4.78, 5) is 23.6. The highest BCUT2D eigenvalue weighted by Crippen LogP contribution is 2.48. The van der Waals surface area contributed by atoms with Crippen molar-refractivity contribution in [2.24, 2.45) is 5.92 Å². The number of allylic oxidation sites excluding steroid dienone is 2. The monoisotopic (exact) mass is 498 g/mol. The first-order valence-electron chi connectivity index (χ1n) is 11.5. The standard InChI is InChI=1S/C24H39N2O7P/c1-18(2)11-9-7-8-10-12-23(27)25-16-20-13-14-21(22(15-20)30-5)33-34(29,32-19(3)4)26-17-24(28)31-6/h9,11,13-15,18-19H,7-8,10,12,16-17H2,1-6H3,(H,25,27)(H,26,29)/b11-9+. The maximum absolute atomic E-state index is 13.1. The predicted octanol–water partition coefficient (Wildman–Crippen LogP) is 4.76. The lowest BCUT2D eigenvalue weighted by molar-refractivity contribution is -0.139. The first-order valence-corrected chi connectivity index (χ1v) is 13.0. The van der Waals surface area contributed by atoms with Gasteiger partial charge < -0.3 is 19.3 Å². The van der Waals surface area contributed by atoms with E-state index in [1.807, 2.05) is 0 Å². The number of hydrogen-bond donors (Lipinski definition) is 2. The van der Waals surface area contributed by atoms with Crippen molar-refractivity contribution in [2.75, 3.05) is 20.8 Å². The van der Waals surface area contributed by atoms with Gasteiger partial charge >= 0.3 is 13.7 Å². The lowest BCUT2D eigenvalue weighted by atomic mass is 10.1. The van der Waals surface area contributed by atoms with E-state index in [0.717, 1.165) is 24.8 Å². The molecule has 10 heteroatoms. The van der Waals surface area contributed by atoms with Crippen LogP contribution in [0.5, 0.6) is 11.5 Å². The Hall–Kier alpha value is -2.35. The van der Waals surface area contributed by atoms with Crippen molar-refractivity contribution >= 4 is 19.6 Å². The van der Waals surface area contributed by atoms with Crippen molar-refractivity contribution in [1.29, 1.82) is 0 Å². The van der Waals surface area contributed by atoms with Gasteiger partial charge in [0.15, 0.2) is 11.5 Å². The fraction of sp³-hybridized carbons (Fsp3) is 0.583. The summed E-state index contributed by atoms with van der Waals surface area (Å²) in [6, 6.07) is 5.00. The molecular weight excluding hydrogens is 459 g/mol.